The zero-order valence-electron chi connectivity index (χ0n) is 11.7. The molecule has 0 spiro atoms. The van der Waals surface area contributed by atoms with Crippen LogP contribution in [0.15, 0.2) is 18.2 Å². The average Bonchev–Trinajstić information content (AvgIpc) is 3.12. The minimum Gasteiger partial charge on any atom is -0.488 e. The Morgan fingerprint density at radius 3 is 2.50 bits per heavy atom. The average molecular weight is 298 g/mol. The highest BCUT2D eigenvalue weighted by Crippen LogP contribution is 2.33. The van der Waals surface area contributed by atoms with Crippen molar-refractivity contribution in [2.45, 2.75) is 18.9 Å². The van der Waals surface area contributed by atoms with Gasteiger partial charge in [0.2, 0.25) is 10.0 Å². The van der Waals surface area contributed by atoms with E-state index in [2.05, 4.69) is 4.72 Å². The molecule has 1 aliphatic carbocycles. The fraction of sp³-hybridized carbons (Fsp3) is 0.462. The summed E-state index contributed by atoms with van der Waals surface area (Å²) >= 11 is 0. The highest BCUT2D eigenvalue weighted by atomic mass is 32.2. The number of carbonyl (C=O) groups excluding carboxylic acids is 1. The van der Waals surface area contributed by atoms with Crippen molar-refractivity contribution in [3.63, 3.8) is 0 Å². The van der Waals surface area contributed by atoms with E-state index < -0.39 is 10.0 Å². The molecule has 6 nitrogen and oxygen atoms in total. The lowest BCUT2D eigenvalue weighted by molar-refractivity contribution is 0.0827. The zero-order valence-corrected chi connectivity index (χ0v) is 12.5. The monoisotopic (exact) mass is 298 g/mol. The van der Waals surface area contributed by atoms with Gasteiger partial charge in [-0.05, 0) is 31.0 Å². The van der Waals surface area contributed by atoms with Crippen molar-refractivity contribution in [1.29, 1.82) is 0 Å². The first kappa shape index (κ1) is 14.6. The van der Waals surface area contributed by atoms with Gasteiger partial charge in [0.25, 0.3) is 5.91 Å². The predicted octanol–water partition coefficient (Wildman–Crippen LogP) is 1.30. The Labute approximate surface area is 118 Å². The maximum Gasteiger partial charge on any atom is 0.253 e. The van der Waals surface area contributed by atoms with Crippen molar-refractivity contribution in [3.05, 3.63) is 23.8 Å². The molecule has 110 valence electrons. The van der Waals surface area contributed by atoms with Gasteiger partial charge in [-0.3, -0.25) is 9.52 Å². The van der Waals surface area contributed by atoms with E-state index in [0.717, 1.165) is 19.1 Å². The summed E-state index contributed by atoms with van der Waals surface area (Å²) in [5, 5.41) is 0. The third-order valence-corrected chi connectivity index (χ3v) is 3.34. The molecule has 1 amide bonds. The van der Waals surface area contributed by atoms with Crippen LogP contribution in [-0.4, -0.2) is 45.7 Å². The number of sulfonamides is 1. The standard InChI is InChI=1S/C13H18N2O4S/c1-15(2)13(16)9-4-7-11(14-20(3,17)18)12(8-9)19-10-5-6-10/h4,7-8,10,14H,5-6H2,1-3H3. The van der Waals surface area contributed by atoms with Gasteiger partial charge in [0, 0.05) is 19.7 Å². The Morgan fingerprint density at radius 1 is 1.35 bits per heavy atom. The van der Waals surface area contributed by atoms with Crippen molar-refractivity contribution >= 4 is 21.6 Å². The van der Waals surface area contributed by atoms with Crippen LogP contribution in [0.2, 0.25) is 0 Å². The molecule has 1 fully saturated rings. The summed E-state index contributed by atoms with van der Waals surface area (Å²) in [7, 11) is -0.0715. The van der Waals surface area contributed by atoms with Crippen molar-refractivity contribution in [2.24, 2.45) is 0 Å². The molecule has 0 unspecified atom stereocenters. The van der Waals surface area contributed by atoms with Crippen molar-refractivity contribution in [3.8, 4) is 5.75 Å². The fourth-order valence-electron chi connectivity index (χ4n) is 1.66. The first-order valence-corrected chi connectivity index (χ1v) is 8.15. The molecule has 0 heterocycles. The third-order valence-electron chi connectivity index (χ3n) is 2.75. The van der Waals surface area contributed by atoms with E-state index in [0.29, 0.717) is 17.0 Å². The Kier molecular flexibility index (Phi) is 3.89. The minimum atomic E-state index is -3.39. The number of nitrogens with one attached hydrogen (secondary N) is 1. The Bertz CT molecular complexity index is 621. The maximum atomic E-state index is 11.9. The molecule has 0 aromatic heterocycles. The Balaban J connectivity index is 2.34. The van der Waals surface area contributed by atoms with Gasteiger partial charge < -0.3 is 9.64 Å². The predicted molar refractivity (Wildman–Crippen MR) is 76.6 cm³/mol. The highest BCUT2D eigenvalue weighted by molar-refractivity contribution is 7.92. The van der Waals surface area contributed by atoms with Crippen LogP contribution in [0.3, 0.4) is 0 Å². The topological polar surface area (TPSA) is 75.7 Å². The number of benzene rings is 1. The number of amides is 1. The van der Waals surface area contributed by atoms with Crippen LogP contribution in [0.5, 0.6) is 5.75 Å². The summed E-state index contributed by atoms with van der Waals surface area (Å²) in [5.41, 5.74) is 0.819. The molecular weight excluding hydrogens is 280 g/mol. The van der Waals surface area contributed by atoms with Crippen molar-refractivity contribution in [2.75, 3.05) is 25.1 Å². The van der Waals surface area contributed by atoms with Crippen LogP contribution < -0.4 is 9.46 Å². The molecule has 0 radical (unpaired) electrons. The normalized spacial score (nSPS) is 14.8. The van der Waals surface area contributed by atoms with Gasteiger partial charge in [0.1, 0.15) is 5.75 Å². The van der Waals surface area contributed by atoms with E-state index in [9.17, 15) is 13.2 Å². The smallest absolute Gasteiger partial charge is 0.253 e. The number of nitrogens with zero attached hydrogens (tertiary/aromatic N) is 1. The van der Waals surface area contributed by atoms with Crippen molar-refractivity contribution < 1.29 is 17.9 Å². The van der Waals surface area contributed by atoms with Gasteiger partial charge in [0.05, 0.1) is 18.0 Å². The molecule has 0 bridgehead atoms. The second kappa shape index (κ2) is 5.32. The summed E-state index contributed by atoms with van der Waals surface area (Å²) in [5.74, 6) is 0.238. The molecule has 20 heavy (non-hydrogen) atoms. The van der Waals surface area contributed by atoms with Crippen LogP contribution in [0, 0.1) is 0 Å². The van der Waals surface area contributed by atoms with Crippen molar-refractivity contribution in [1.82, 2.24) is 4.90 Å². The minimum absolute atomic E-state index is 0.111. The van der Waals surface area contributed by atoms with Gasteiger partial charge in [-0.25, -0.2) is 8.42 Å². The molecule has 1 saturated carbocycles. The zero-order chi connectivity index (χ0) is 14.9. The molecule has 0 aliphatic heterocycles. The van der Waals surface area contributed by atoms with E-state index in [4.69, 9.17) is 4.74 Å². The van der Waals surface area contributed by atoms with Crippen LogP contribution >= 0.6 is 0 Å². The van der Waals surface area contributed by atoms with Crippen LogP contribution in [0.4, 0.5) is 5.69 Å². The summed E-state index contributed by atoms with van der Waals surface area (Å²) in [6, 6.07) is 4.71. The Hall–Kier alpha value is -1.76. The number of anilines is 1. The van der Waals surface area contributed by atoms with Gasteiger partial charge in [-0.15, -0.1) is 0 Å². The lowest BCUT2D eigenvalue weighted by Gasteiger charge is -2.15. The summed E-state index contributed by atoms with van der Waals surface area (Å²) in [6.45, 7) is 0. The van der Waals surface area contributed by atoms with E-state index in [1.54, 1.807) is 32.3 Å². The molecule has 1 aromatic carbocycles. The highest BCUT2D eigenvalue weighted by Gasteiger charge is 2.25. The molecule has 1 aliphatic rings. The van der Waals surface area contributed by atoms with E-state index in [-0.39, 0.29) is 12.0 Å². The summed E-state index contributed by atoms with van der Waals surface area (Å²) in [6.07, 6.45) is 3.08. The summed E-state index contributed by atoms with van der Waals surface area (Å²) in [4.78, 5) is 13.4. The van der Waals surface area contributed by atoms with Crippen LogP contribution in [0.25, 0.3) is 0 Å². The van der Waals surface area contributed by atoms with E-state index in [1.165, 1.54) is 4.90 Å². The largest absolute Gasteiger partial charge is 0.488 e. The van der Waals surface area contributed by atoms with Crippen LogP contribution in [-0.2, 0) is 10.0 Å². The second-order valence-corrected chi connectivity index (χ2v) is 6.85. The molecule has 1 aromatic rings. The summed E-state index contributed by atoms with van der Waals surface area (Å²) < 4.78 is 30.8. The second-order valence-electron chi connectivity index (χ2n) is 5.10. The number of carbonyl (C=O) groups is 1. The molecule has 7 heteroatoms. The first-order chi connectivity index (χ1) is 9.26. The number of rotatable bonds is 5. The number of hydrogen-bond acceptors (Lipinski definition) is 4. The van der Waals surface area contributed by atoms with Gasteiger partial charge in [0.15, 0.2) is 0 Å². The first-order valence-electron chi connectivity index (χ1n) is 6.26. The molecule has 1 N–H and O–H groups in total. The molecule has 0 saturated heterocycles. The number of hydrogen-bond donors (Lipinski definition) is 1. The van der Waals surface area contributed by atoms with E-state index >= 15 is 0 Å². The quantitative estimate of drug-likeness (QED) is 0.889. The lowest BCUT2D eigenvalue weighted by atomic mass is 10.1. The van der Waals surface area contributed by atoms with Gasteiger partial charge in [-0.1, -0.05) is 0 Å². The van der Waals surface area contributed by atoms with E-state index in [1.807, 2.05) is 0 Å². The molecule has 0 atom stereocenters. The van der Waals surface area contributed by atoms with Gasteiger partial charge >= 0.3 is 0 Å². The van der Waals surface area contributed by atoms with Crippen LogP contribution in [0.1, 0.15) is 23.2 Å². The molecular formula is C13H18N2O4S. The maximum absolute atomic E-state index is 11.9. The number of ether oxygens (including phenoxy) is 1. The third kappa shape index (κ3) is 3.86. The lowest BCUT2D eigenvalue weighted by Crippen LogP contribution is -2.22. The SMILES string of the molecule is CN(C)C(=O)c1ccc(NS(C)(=O)=O)c(OC2CC2)c1. The molecule has 2 rings (SSSR count). The fourth-order valence-corrected chi connectivity index (χ4v) is 2.23. The Morgan fingerprint density at radius 2 is 2.00 bits per heavy atom. The van der Waals surface area contributed by atoms with Gasteiger partial charge in [-0.2, -0.15) is 0 Å².